The standard InChI is InChI=1S/C11H14N4O/c12-7-3-6-10-13-11(15-14-10)8-4-1-2-5-9(8)16/h1-2,4-5,16H,3,6-7,12H2,(H,13,14,15). The summed E-state index contributed by atoms with van der Waals surface area (Å²) < 4.78 is 0. The Labute approximate surface area is 93.3 Å². The summed E-state index contributed by atoms with van der Waals surface area (Å²) in [5.41, 5.74) is 6.05. The molecule has 84 valence electrons. The van der Waals surface area contributed by atoms with Gasteiger partial charge in [0.05, 0.1) is 5.56 Å². The van der Waals surface area contributed by atoms with Crippen LogP contribution in [0.5, 0.6) is 5.75 Å². The molecule has 0 atom stereocenters. The Morgan fingerprint density at radius 3 is 2.88 bits per heavy atom. The van der Waals surface area contributed by atoms with Gasteiger partial charge in [-0.3, -0.25) is 5.10 Å². The summed E-state index contributed by atoms with van der Waals surface area (Å²) in [7, 11) is 0. The molecule has 0 aliphatic rings. The van der Waals surface area contributed by atoms with Crippen molar-refractivity contribution < 1.29 is 5.11 Å². The third kappa shape index (κ3) is 2.20. The molecule has 0 aliphatic heterocycles. The van der Waals surface area contributed by atoms with Crippen molar-refractivity contribution in [1.29, 1.82) is 0 Å². The van der Waals surface area contributed by atoms with Crippen molar-refractivity contribution in [3.05, 3.63) is 30.1 Å². The molecule has 1 aromatic heterocycles. The van der Waals surface area contributed by atoms with Gasteiger partial charge >= 0.3 is 0 Å². The number of rotatable bonds is 4. The summed E-state index contributed by atoms with van der Waals surface area (Å²) in [6.07, 6.45) is 1.65. The van der Waals surface area contributed by atoms with Gasteiger partial charge in [-0.05, 0) is 25.1 Å². The van der Waals surface area contributed by atoms with Crippen LogP contribution in [0, 0.1) is 0 Å². The highest BCUT2D eigenvalue weighted by Gasteiger charge is 2.08. The van der Waals surface area contributed by atoms with E-state index in [1.807, 2.05) is 6.07 Å². The van der Waals surface area contributed by atoms with E-state index in [9.17, 15) is 5.11 Å². The third-order valence-corrected chi connectivity index (χ3v) is 2.29. The molecule has 5 nitrogen and oxygen atoms in total. The number of phenolic OH excluding ortho intramolecular Hbond substituents is 1. The third-order valence-electron chi connectivity index (χ3n) is 2.29. The van der Waals surface area contributed by atoms with Gasteiger partial charge in [0.15, 0.2) is 5.82 Å². The van der Waals surface area contributed by atoms with Crippen molar-refractivity contribution in [3.63, 3.8) is 0 Å². The van der Waals surface area contributed by atoms with Gasteiger partial charge in [0, 0.05) is 6.42 Å². The van der Waals surface area contributed by atoms with Crippen molar-refractivity contribution in [3.8, 4) is 17.1 Å². The molecule has 1 heterocycles. The summed E-state index contributed by atoms with van der Waals surface area (Å²) in [5, 5.41) is 16.5. The number of aryl methyl sites for hydroxylation is 1. The largest absolute Gasteiger partial charge is 0.507 e. The molecule has 4 N–H and O–H groups in total. The number of nitrogens with two attached hydrogens (primary N) is 1. The predicted octanol–water partition coefficient (Wildman–Crippen LogP) is 1.07. The number of nitrogens with one attached hydrogen (secondary N) is 1. The summed E-state index contributed by atoms with van der Waals surface area (Å²) in [5.74, 6) is 1.50. The highest BCUT2D eigenvalue weighted by molar-refractivity contribution is 5.62. The normalized spacial score (nSPS) is 10.6. The highest BCUT2D eigenvalue weighted by atomic mass is 16.3. The molecule has 0 amide bonds. The van der Waals surface area contributed by atoms with Crippen LogP contribution in [0.15, 0.2) is 24.3 Å². The smallest absolute Gasteiger partial charge is 0.184 e. The number of H-pyrrole nitrogens is 1. The number of nitrogens with zero attached hydrogens (tertiary/aromatic N) is 2. The van der Waals surface area contributed by atoms with Crippen LogP contribution in [0.25, 0.3) is 11.4 Å². The Morgan fingerprint density at radius 2 is 2.12 bits per heavy atom. The van der Waals surface area contributed by atoms with Gasteiger partial charge in [0.1, 0.15) is 11.6 Å². The fraction of sp³-hybridized carbons (Fsp3) is 0.273. The van der Waals surface area contributed by atoms with Crippen molar-refractivity contribution >= 4 is 0 Å². The predicted molar refractivity (Wildman–Crippen MR) is 60.9 cm³/mol. The highest BCUT2D eigenvalue weighted by Crippen LogP contribution is 2.25. The lowest BCUT2D eigenvalue weighted by atomic mass is 10.2. The van der Waals surface area contributed by atoms with E-state index in [2.05, 4.69) is 15.2 Å². The quantitative estimate of drug-likeness (QED) is 0.716. The summed E-state index contributed by atoms with van der Waals surface area (Å²) in [6.45, 7) is 0.632. The lowest BCUT2D eigenvalue weighted by molar-refractivity contribution is 0.477. The summed E-state index contributed by atoms with van der Waals surface area (Å²) in [4.78, 5) is 4.30. The van der Waals surface area contributed by atoms with E-state index in [1.54, 1.807) is 18.2 Å². The zero-order chi connectivity index (χ0) is 11.4. The minimum absolute atomic E-state index is 0.187. The van der Waals surface area contributed by atoms with Gasteiger partial charge in [-0.25, -0.2) is 4.98 Å². The molecule has 0 bridgehead atoms. The van der Waals surface area contributed by atoms with Gasteiger partial charge in [0.2, 0.25) is 0 Å². The number of benzene rings is 1. The molecule has 2 rings (SSSR count). The zero-order valence-electron chi connectivity index (χ0n) is 8.85. The second-order valence-corrected chi connectivity index (χ2v) is 3.52. The van der Waals surface area contributed by atoms with Crippen LogP contribution in [0.3, 0.4) is 0 Å². The van der Waals surface area contributed by atoms with Crippen LogP contribution in [0.1, 0.15) is 12.2 Å². The Morgan fingerprint density at radius 1 is 1.31 bits per heavy atom. The number of aromatic nitrogens is 3. The van der Waals surface area contributed by atoms with Crippen LogP contribution in [-0.2, 0) is 6.42 Å². The molecule has 16 heavy (non-hydrogen) atoms. The van der Waals surface area contributed by atoms with E-state index >= 15 is 0 Å². The van der Waals surface area contributed by atoms with Crippen molar-refractivity contribution in [2.45, 2.75) is 12.8 Å². The molecule has 0 aliphatic carbocycles. The fourth-order valence-corrected chi connectivity index (χ4v) is 1.46. The maximum atomic E-state index is 9.64. The topological polar surface area (TPSA) is 87.8 Å². The Kier molecular flexibility index (Phi) is 3.16. The molecular weight excluding hydrogens is 204 g/mol. The van der Waals surface area contributed by atoms with E-state index in [4.69, 9.17) is 5.73 Å². The van der Waals surface area contributed by atoms with Gasteiger partial charge in [-0.2, -0.15) is 5.10 Å². The molecular formula is C11H14N4O. The zero-order valence-corrected chi connectivity index (χ0v) is 8.85. The van der Waals surface area contributed by atoms with Crippen molar-refractivity contribution in [2.24, 2.45) is 5.73 Å². The Balaban J connectivity index is 2.22. The van der Waals surface area contributed by atoms with Crippen LogP contribution in [0.4, 0.5) is 0 Å². The monoisotopic (exact) mass is 218 g/mol. The maximum Gasteiger partial charge on any atom is 0.184 e. The van der Waals surface area contributed by atoms with Crippen LogP contribution in [0.2, 0.25) is 0 Å². The Hall–Kier alpha value is -1.88. The number of aromatic hydroxyl groups is 1. The Bertz CT molecular complexity index is 467. The molecule has 0 fully saturated rings. The lowest BCUT2D eigenvalue weighted by Gasteiger charge is -1.97. The first-order valence-electron chi connectivity index (χ1n) is 5.21. The average Bonchev–Trinajstić information content (AvgIpc) is 2.75. The van der Waals surface area contributed by atoms with E-state index in [0.29, 0.717) is 17.9 Å². The molecule has 0 saturated heterocycles. The van der Waals surface area contributed by atoms with Crippen molar-refractivity contribution in [2.75, 3.05) is 6.54 Å². The van der Waals surface area contributed by atoms with Gasteiger partial charge in [-0.15, -0.1) is 0 Å². The number of hydrogen-bond donors (Lipinski definition) is 3. The average molecular weight is 218 g/mol. The molecule has 1 aromatic carbocycles. The van der Waals surface area contributed by atoms with Crippen molar-refractivity contribution in [1.82, 2.24) is 15.2 Å². The first-order valence-corrected chi connectivity index (χ1v) is 5.21. The SMILES string of the molecule is NCCCc1nc(-c2ccccc2O)n[nH]1. The van der Waals surface area contributed by atoms with E-state index in [1.165, 1.54) is 0 Å². The molecule has 5 heteroatoms. The first kappa shape index (κ1) is 10.6. The number of phenols is 1. The molecule has 0 spiro atoms. The molecule has 0 unspecified atom stereocenters. The fourth-order valence-electron chi connectivity index (χ4n) is 1.46. The minimum Gasteiger partial charge on any atom is -0.507 e. The number of para-hydroxylation sites is 1. The van der Waals surface area contributed by atoms with E-state index in [0.717, 1.165) is 18.7 Å². The van der Waals surface area contributed by atoms with Crippen LogP contribution in [-0.4, -0.2) is 26.8 Å². The first-order chi connectivity index (χ1) is 7.81. The van der Waals surface area contributed by atoms with Crippen LogP contribution >= 0.6 is 0 Å². The summed E-state index contributed by atoms with van der Waals surface area (Å²) >= 11 is 0. The molecule has 0 radical (unpaired) electrons. The number of aromatic amines is 1. The minimum atomic E-state index is 0.187. The van der Waals surface area contributed by atoms with E-state index in [-0.39, 0.29) is 5.75 Å². The van der Waals surface area contributed by atoms with Crippen LogP contribution < -0.4 is 5.73 Å². The van der Waals surface area contributed by atoms with Gasteiger partial charge < -0.3 is 10.8 Å². The van der Waals surface area contributed by atoms with Gasteiger partial charge in [-0.1, -0.05) is 12.1 Å². The lowest BCUT2D eigenvalue weighted by Crippen LogP contribution is -2.01. The number of hydrogen-bond acceptors (Lipinski definition) is 4. The van der Waals surface area contributed by atoms with Gasteiger partial charge in [0.25, 0.3) is 0 Å². The maximum absolute atomic E-state index is 9.64. The molecule has 2 aromatic rings. The second-order valence-electron chi connectivity index (χ2n) is 3.52. The summed E-state index contributed by atoms with van der Waals surface area (Å²) in [6, 6.07) is 7.00. The second kappa shape index (κ2) is 4.76. The van der Waals surface area contributed by atoms with E-state index < -0.39 is 0 Å². The molecule has 0 saturated carbocycles.